The Bertz CT molecular complexity index is 116. The lowest BCUT2D eigenvalue weighted by molar-refractivity contribution is 0.489. The summed E-state index contributed by atoms with van der Waals surface area (Å²) in [4.78, 5) is 0. The first-order valence-corrected chi connectivity index (χ1v) is 4.52. The first kappa shape index (κ1) is 11.4. The second-order valence-electron chi connectivity index (χ2n) is 2.64. The Kier molecular flexibility index (Phi) is 6.72. The van der Waals surface area contributed by atoms with Gasteiger partial charge in [0.25, 0.3) is 0 Å². The van der Waals surface area contributed by atoms with Crippen molar-refractivity contribution in [2.45, 2.75) is 25.9 Å². The summed E-state index contributed by atoms with van der Waals surface area (Å²) in [5.41, 5.74) is 0. The SMILES string of the molecule is C=CC(NCC)C(C=C)NCC. The molecule has 70 valence electrons. The second-order valence-corrected chi connectivity index (χ2v) is 2.64. The van der Waals surface area contributed by atoms with Gasteiger partial charge in [0.15, 0.2) is 0 Å². The third-order valence-electron chi connectivity index (χ3n) is 1.77. The third-order valence-corrected chi connectivity index (χ3v) is 1.77. The van der Waals surface area contributed by atoms with Gasteiger partial charge in [-0.2, -0.15) is 0 Å². The van der Waals surface area contributed by atoms with E-state index < -0.39 is 0 Å². The Morgan fingerprint density at radius 2 is 1.33 bits per heavy atom. The highest BCUT2D eigenvalue weighted by atomic mass is 15.0. The molecule has 2 N–H and O–H groups in total. The maximum Gasteiger partial charge on any atom is 0.0439 e. The maximum absolute atomic E-state index is 3.78. The van der Waals surface area contributed by atoms with Gasteiger partial charge in [0.1, 0.15) is 0 Å². The van der Waals surface area contributed by atoms with E-state index in [0.29, 0.717) is 0 Å². The molecule has 0 amide bonds. The zero-order chi connectivity index (χ0) is 9.40. The minimum absolute atomic E-state index is 0.285. The quantitative estimate of drug-likeness (QED) is 0.560. The van der Waals surface area contributed by atoms with Crippen molar-refractivity contribution in [1.29, 1.82) is 0 Å². The molecule has 0 aromatic carbocycles. The third kappa shape index (κ3) is 3.69. The number of hydrogen-bond donors (Lipinski definition) is 2. The number of hydrogen-bond acceptors (Lipinski definition) is 2. The molecule has 0 saturated carbocycles. The number of rotatable bonds is 7. The topological polar surface area (TPSA) is 24.1 Å². The van der Waals surface area contributed by atoms with Crippen molar-refractivity contribution in [3.63, 3.8) is 0 Å². The molecule has 0 rings (SSSR count). The van der Waals surface area contributed by atoms with Gasteiger partial charge in [0.05, 0.1) is 0 Å². The lowest BCUT2D eigenvalue weighted by Gasteiger charge is -2.22. The first-order chi connectivity index (χ1) is 5.79. The number of likely N-dealkylation sites (N-methyl/N-ethyl adjacent to an activating group) is 2. The van der Waals surface area contributed by atoms with Gasteiger partial charge in [0, 0.05) is 12.1 Å². The van der Waals surface area contributed by atoms with Crippen molar-refractivity contribution in [3.8, 4) is 0 Å². The van der Waals surface area contributed by atoms with Crippen LogP contribution in [0.5, 0.6) is 0 Å². The molecule has 0 aliphatic heterocycles. The normalized spacial score (nSPS) is 15.2. The van der Waals surface area contributed by atoms with Gasteiger partial charge in [-0.15, -0.1) is 13.2 Å². The summed E-state index contributed by atoms with van der Waals surface area (Å²) in [7, 11) is 0. The molecule has 2 unspecified atom stereocenters. The van der Waals surface area contributed by atoms with Gasteiger partial charge >= 0.3 is 0 Å². The Morgan fingerprint density at radius 3 is 1.50 bits per heavy atom. The largest absolute Gasteiger partial charge is 0.309 e. The average molecular weight is 168 g/mol. The lowest BCUT2D eigenvalue weighted by atomic mass is 10.1. The van der Waals surface area contributed by atoms with Crippen LogP contribution < -0.4 is 10.6 Å². The van der Waals surface area contributed by atoms with Crippen LogP contribution in [0, 0.1) is 0 Å². The predicted octanol–water partition coefficient (Wildman–Crippen LogP) is 1.31. The molecule has 2 nitrogen and oxygen atoms in total. The van der Waals surface area contributed by atoms with E-state index in [-0.39, 0.29) is 12.1 Å². The summed E-state index contributed by atoms with van der Waals surface area (Å²) >= 11 is 0. The van der Waals surface area contributed by atoms with E-state index in [1.54, 1.807) is 0 Å². The van der Waals surface area contributed by atoms with Gasteiger partial charge in [-0.1, -0.05) is 26.0 Å². The fraction of sp³-hybridized carbons (Fsp3) is 0.600. The molecule has 0 radical (unpaired) electrons. The van der Waals surface area contributed by atoms with Crippen LogP contribution in [-0.4, -0.2) is 25.2 Å². The van der Waals surface area contributed by atoms with Crippen molar-refractivity contribution < 1.29 is 0 Å². The molecule has 0 bridgehead atoms. The smallest absolute Gasteiger partial charge is 0.0439 e. The summed E-state index contributed by atoms with van der Waals surface area (Å²) in [5.74, 6) is 0. The molecular weight excluding hydrogens is 148 g/mol. The van der Waals surface area contributed by atoms with Crippen LogP contribution in [0.15, 0.2) is 25.3 Å². The molecular formula is C10H20N2. The lowest BCUT2D eigenvalue weighted by Crippen LogP contribution is -2.45. The fourth-order valence-electron chi connectivity index (χ4n) is 1.19. The van der Waals surface area contributed by atoms with Crippen molar-refractivity contribution in [1.82, 2.24) is 10.6 Å². The fourth-order valence-corrected chi connectivity index (χ4v) is 1.19. The standard InChI is InChI=1S/C10H20N2/c1-5-9(11-7-3)10(6-2)12-8-4/h5-6,9-12H,1-2,7-8H2,3-4H3. The first-order valence-electron chi connectivity index (χ1n) is 4.52. The molecule has 0 fully saturated rings. The van der Waals surface area contributed by atoms with Crippen molar-refractivity contribution in [2.24, 2.45) is 0 Å². The van der Waals surface area contributed by atoms with Crippen LogP contribution in [0.25, 0.3) is 0 Å². The van der Waals surface area contributed by atoms with E-state index in [1.165, 1.54) is 0 Å². The Labute approximate surface area is 75.7 Å². The predicted molar refractivity (Wildman–Crippen MR) is 55.3 cm³/mol. The summed E-state index contributed by atoms with van der Waals surface area (Å²) in [6.45, 7) is 13.6. The van der Waals surface area contributed by atoms with Gasteiger partial charge in [-0.05, 0) is 13.1 Å². The second kappa shape index (κ2) is 7.07. The minimum atomic E-state index is 0.285. The highest BCUT2D eigenvalue weighted by molar-refractivity contribution is 5.02. The van der Waals surface area contributed by atoms with Gasteiger partial charge in [-0.25, -0.2) is 0 Å². The van der Waals surface area contributed by atoms with Crippen molar-refractivity contribution in [3.05, 3.63) is 25.3 Å². The maximum atomic E-state index is 3.78. The molecule has 2 heteroatoms. The molecule has 0 aliphatic carbocycles. The van der Waals surface area contributed by atoms with E-state index in [4.69, 9.17) is 0 Å². The summed E-state index contributed by atoms with van der Waals surface area (Å²) in [6, 6.07) is 0.569. The van der Waals surface area contributed by atoms with Gasteiger partial charge < -0.3 is 10.6 Å². The van der Waals surface area contributed by atoms with Gasteiger partial charge in [-0.3, -0.25) is 0 Å². The Balaban J connectivity index is 4.01. The van der Waals surface area contributed by atoms with Crippen molar-refractivity contribution in [2.75, 3.05) is 13.1 Å². The summed E-state index contributed by atoms with van der Waals surface area (Å²) < 4.78 is 0. The van der Waals surface area contributed by atoms with Crippen LogP contribution in [0.1, 0.15) is 13.8 Å². The zero-order valence-electron chi connectivity index (χ0n) is 8.14. The van der Waals surface area contributed by atoms with Crippen molar-refractivity contribution >= 4 is 0 Å². The average Bonchev–Trinajstić information content (AvgIpc) is 2.11. The zero-order valence-corrected chi connectivity index (χ0v) is 8.14. The van der Waals surface area contributed by atoms with Gasteiger partial charge in [0.2, 0.25) is 0 Å². The summed E-state index contributed by atoms with van der Waals surface area (Å²) in [6.07, 6.45) is 3.83. The van der Waals surface area contributed by atoms with E-state index in [1.807, 2.05) is 12.2 Å². The molecule has 2 atom stereocenters. The molecule has 0 spiro atoms. The molecule has 0 saturated heterocycles. The monoisotopic (exact) mass is 168 g/mol. The van der Waals surface area contributed by atoms with E-state index in [9.17, 15) is 0 Å². The molecule has 0 aromatic rings. The summed E-state index contributed by atoms with van der Waals surface area (Å²) in [5, 5.41) is 6.63. The van der Waals surface area contributed by atoms with Crippen LogP contribution in [0.3, 0.4) is 0 Å². The molecule has 0 aliphatic rings. The van der Waals surface area contributed by atoms with E-state index in [0.717, 1.165) is 13.1 Å². The van der Waals surface area contributed by atoms with E-state index >= 15 is 0 Å². The van der Waals surface area contributed by atoms with Crippen LogP contribution in [0.4, 0.5) is 0 Å². The number of nitrogens with one attached hydrogen (secondary N) is 2. The van der Waals surface area contributed by atoms with Crippen LogP contribution >= 0.6 is 0 Å². The minimum Gasteiger partial charge on any atom is -0.309 e. The van der Waals surface area contributed by atoms with Crippen LogP contribution in [-0.2, 0) is 0 Å². The Morgan fingerprint density at radius 1 is 1.00 bits per heavy atom. The molecule has 0 heterocycles. The highest BCUT2D eigenvalue weighted by Crippen LogP contribution is 1.95. The Hall–Kier alpha value is -0.600. The highest BCUT2D eigenvalue weighted by Gasteiger charge is 2.11. The molecule has 0 aromatic heterocycles. The van der Waals surface area contributed by atoms with E-state index in [2.05, 4.69) is 37.6 Å². The molecule has 12 heavy (non-hydrogen) atoms. The van der Waals surface area contributed by atoms with Crippen LogP contribution in [0.2, 0.25) is 0 Å².